The number of rotatable bonds is 5. The Balaban J connectivity index is 1.65. The van der Waals surface area contributed by atoms with Gasteiger partial charge in [0.2, 0.25) is 0 Å². The van der Waals surface area contributed by atoms with Crippen molar-refractivity contribution in [1.82, 2.24) is 14.5 Å². The lowest BCUT2D eigenvalue weighted by atomic mass is 10.2. The van der Waals surface area contributed by atoms with Crippen molar-refractivity contribution in [1.29, 1.82) is 0 Å². The van der Waals surface area contributed by atoms with Gasteiger partial charge in [0.05, 0.1) is 18.8 Å². The number of benzene rings is 1. The number of carbonyl (C=O) groups excluding carboxylic acids is 2. The molecule has 1 aromatic heterocycles. The summed E-state index contributed by atoms with van der Waals surface area (Å²) in [5.41, 5.74) is 1.44. The van der Waals surface area contributed by atoms with Crippen LogP contribution in [0.25, 0.3) is 0 Å². The molecule has 0 aliphatic carbocycles. The molecule has 0 spiro atoms. The molecule has 132 valence electrons. The van der Waals surface area contributed by atoms with E-state index in [9.17, 15) is 9.59 Å². The Morgan fingerprint density at radius 1 is 1.36 bits per heavy atom. The van der Waals surface area contributed by atoms with Crippen molar-refractivity contribution >= 4 is 29.0 Å². The molecule has 1 N–H and O–H groups in total. The highest BCUT2D eigenvalue weighted by atomic mass is 32.1. The Hall–Kier alpha value is -2.32. The van der Waals surface area contributed by atoms with Crippen LogP contribution in [0.3, 0.4) is 0 Å². The van der Waals surface area contributed by atoms with Gasteiger partial charge in [0.25, 0.3) is 11.8 Å². The summed E-state index contributed by atoms with van der Waals surface area (Å²) in [5, 5.41) is 6.86. The molecule has 1 aromatic carbocycles. The number of hydrogen-bond acceptors (Lipinski definition) is 6. The van der Waals surface area contributed by atoms with Crippen LogP contribution in [0.5, 0.6) is 0 Å². The lowest BCUT2D eigenvalue weighted by Gasteiger charge is -2.32. The summed E-state index contributed by atoms with van der Waals surface area (Å²) in [5.74, 6) is -0.376. The zero-order valence-corrected chi connectivity index (χ0v) is 14.8. The highest BCUT2D eigenvalue weighted by Crippen LogP contribution is 2.18. The topological polar surface area (TPSA) is 84.4 Å². The maximum Gasteiger partial charge on any atom is 0.267 e. The molecule has 2 amide bonds. The molecule has 1 atom stereocenters. The van der Waals surface area contributed by atoms with Crippen molar-refractivity contribution in [2.24, 2.45) is 0 Å². The van der Waals surface area contributed by atoms with E-state index in [-0.39, 0.29) is 18.4 Å². The Morgan fingerprint density at radius 3 is 2.92 bits per heavy atom. The van der Waals surface area contributed by atoms with E-state index in [2.05, 4.69) is 14.9 Å². The molecule has 7 nitrogen and oxygen atoms in total. The molecule has 8 heteroatoms. The van der Waals surface area contributed by atoms with Crippen LogP contribution in [0.15, 0.2) is 30.3 Å². The molecule has 0 saturated carbocycles. The van der Waals surface area contributed by atoms with E-state index < -0.39 is 6.10 Å². The third kappa shape index (κ3) is 4.21. The Bertz CT molecular complexity index is 735. The first-order chi connectivity index (χ1) is 12.2. The molecule has 1 saturated heterocycles. The number of amides is 2. The summed E-state index contributed by atoms with van der Waals surface area (Å²) in [6.45, 7) is 3.04. The van der Waals surface area contributed by atoms with Crippen LogP contribution in [0.4, 0.5) is 5.69 Å². The highest BCUT2D eigenvalue weighted by Gasteiger charge is 2.31. The predicted molar refractivity (Wildman–Crippen MR) is 94.6 cm³/mol. The van der Waals surface area contributed by atoms with Gasteiger partial charge in [-0.25, -0.2) is 0 Å². The van der Waals surface area contributed by atoms with Gasteiger partial charge in [-0.05, 0) is 30.1 Å². The standard InChI is InChI=1S/C17H20N4O3S/c1-2-6-13-15(25-20-19-13)17(23)21-9-10-24-14(11-21)16(22)18-12-7-4-3-5-8-12/h3-5,7-8,14H,2,6,9-11H2,1H3,(H,18,22)/t14-/m0/s1. The minimum absolute atomic E-state index is 0.126. The lowest BCUT2D eigenvalue weighted by molar-refractivity contribution is -0.131. The first-order valence-corrected chi connectivity index (χ1v) is 9.04. The Kier molecular flexibility index (Phi) is 5.72. The lowest BCUT2D eigenvalue weighted by Crippen LogP contribution is -2.50. The second kappa shape index (κ2) is 8.17. The number of anilines is 1. The van der Waals surface area contributed by atoms with Crippen molar-refractivity contribution in [3.05, 3.63) is 40.9 Å². The summed E-state index contributed by atoms with van der Waals surface area (Å²) >= 11 is 1.11. The molecule has 0 unspecified atom stereocenters. The third-order valence-corrected chi connectivity index (χ3v) is 4.68. The van der Waals surface area contributed by atoms with Crippen molar-refractivity contribution in [3.63, 3.8) is 0 Å². The molecule has 3 rings (SSSR count). The summed E-state index contributed by atoms with van der Waals surface area (Å²) in [6, 6.07) is 9.19. The largest absolute Gasteiger partial charge is 0.365 e. The van der Waals surface area contributed by atoms with E-state index in [0.29, 0.717) is 23.7 Å². The van der Waals surface area contributed by atoms with E-state index >= 15 is 0 Å². The van der Waals surface area contributed by atoms with Gasteiger partial charge in [-0.1, -0.05) is 36.0 Å². The minimum Gasteiger partial charge on any atom is -0.365 e. The Labute approximate surface area is 150 Å². The van der Waals surface area contributed by atoms with Crippen molar-refractivity contribution in [3.8, 4) is 0 Å². The van der Waals surface area contributed by atoms with E-state index in [4.69, 9.17) is 4.74 Å². The maximum absolute atomic E-state index is 12.8. The van der Waals surface area contributed by atoms with Gasteiger partial charge in [0.1, 0.15) is 4.88 Å². The number of carbonyl (C=O) groups is 2. The van der Waals surface area contributed by atoms with Crippen LogP contribution in [0.2, 0.25) is 0 Å². The normalized spacial score (nSPS) is 17.3. The summed E-state index contributed by atoms with van der Waals surface area (Å²) < 4.78 is 9.45. The van der Waals surface area contributed by atoms with Gasteiger partial charge in [0, 0.05) is 12.2 Å². The van der Waals surface area contributed by atoms with E-state index in [1.165, 1.54) is 0 Å². The van der Waals surface area contributed by atoms with Crippen molar-refractivity contribution in [2.75, 3.05) is 25.0 Å². The van der Waals surface area contributed by atoms with Crippen molar-refractivity contribution < 1.29 is 14.3 Å². The fourth-order valence-electron chi connectivity index (χ4n) is 2.65. The number of aromatic nitrogens is 2. The molecule has 1 fully saturated rings. The van der Waals surface area contributed by atoms with Gasteiger partial charge < -0.3 is 15.0 Å². The van der Waals surface area contributed by atoms with Crippen LogP contribution in [-0.2, 0) is 16.0 Å². The van der Waals surface area contributed by atoms with Crippen LogP contribution < -0.4 is 5.32 Å². The number of morpholine rings is 1. The third-order valence-electron chi connectivity index (χ3n) is 3.92. The first-order valence-electron chi connectivity index (χ1n) is 8.27. The van der Waals surface area contributed by atoms with E-state index in [1.807, 2.05) is 37.3 Å². The minimum atomic E-state index is -0.687. The predicted octanol–water partition coefficient (Wildman–Crippen LogP) is 1.97. The van der Waals surface area contributed by atoms with Crippen LogP contribution in [0, 0.1) is 0 Å². The monoisotopic (exact) mass is 360 g/mol. The van der Waals surface area contributed by atoms with Gasteiger partial charge in [-0.2, -0.15) is 0 Å². The molecule has 2 aromatic rings. The molecule has 2 heterocycles. The van der Waals surface area contributed by atoms with Gasteiger partial charge >= 0.3 is 0 Å². The zero-order chi connectivity index (χ0) is 17.6. The maximum atomic E-state index is 12.8. The summed E-state index contributed by atoms with van der Waals surface area (Å²) in [6.07, 6.45) is 0.935. The van der Waals surface area contributed by atoms with Gasteiger partial charge in [-0.15, -0.1) is 5.10 Å². The van der Waals surface area contributed by atoms with Crippen LogP contribution in [0.1, 0.15) is 28.7 Å². The number of nitrogens with zero attached hydrogens (tertiary/aromatic N) is 3. The van der Waals surface area contributed by atoms with Crippen LogP contribution in [-0.4, -0.2) is 52.1 Å². The average molecular weight is 360 g/mol. The molecule has 0 bridgehead atoms. The quantitative estimate of drug-likeness (QED) is 0.881. The fraction of sp³-hybridized carbons (Fsp3) is 0.412. The molecule has 1 aliphatic heterocycles. The average Bonchev–Trinajstić information content (AvgIpc) is 3.10. The summed E-state index contributed by atoms with van der Waals surface area (Å²) in [7, 11) is 0. The molecule has 0 radical (unpaired) electrons. The second-order valence-corrected chi connectivity index (χ2v) is 6.52. The van der Waals surface area contributed by atoms with Gasteiger partial charge in [0.15, 0.2) is 6.10 Å². The number of nitrogens with one attached hydrogen (secondary N) is 1. The number of hydrogen-bond donors (Lipinski definition) is 1. The fourth-order valence-corrected chi connectivity index (χ4v) is 3.33. The number of aryl methyl sites for hydroxylation is 1. The summed E-state index contributed by atoms with van der Waals surface area (Å²) in [4.78, 5) is 27.4. The highest BCUT2D eigenvalue weighted by molar-refractivity contribution is 7.08. The van der Waals surface area contributed by atoms with Crippen molar-refractivity contribution in [2.45, 2.75) is 25.9 Å². The smallest absolute Gasteiger partial charge is 0.267 e. The second-order valence-electron chi connectivity index (χ2n) is 5.76. The molecule has 1 aliphatic rings. The first kappa shape index (κ1) is 17.5. The molecular formula is C17H20N4O3S. The molecular weight excluding hydrogens is 340 g/mol. The number of ether oxygens (including phenoxy) is 1. The van der Waals surface area contributed by atoms with E-state index in [0.717, 1.165) is 30.1 Å². The Morgan fingerprint density at radius 2 is 2.16 bits per heavy atom. The number of para-hydroxylation sites is 1. The van der Waals surface area contributed by atoms with Gasteiger partial charge in [-0.3, -0.25) is 9.59 Å². The SMILES string of the molecule is CCCc1nnsc1C(=O)N1CCO[C@H](C(=O)Nc2ccccc2)C1. The van der Waals surface area contributed by atoms with E-state index in [1.54, 1.807) is 4.90 Å². The zero-order valence-electron chi connectivity index (χ0n) is 14.0. The van der Waals surface area contributed by atoms with Crippen LogP contribution >= 0.6 is 11.5 Å². The molecule has 25 heavy (non-hydrogen) atoms.